The number of aromatic amines is 1. The molecule has 1 rings (SSSR count). The van der Waals surface area contributed by atoms with E-state index >= 15 is 0 Å². The van der Waals surface area contributed by atoms with Crippen LogP contribution in [0.2, 0.25) is 0 Å². The average Bonchev–Trinajstić information content (AvgIpc) is 3.15. The van der Waals surface area contributed by atoms with Crippen LogP contribution < -0.4 is 27.4 Å². The number of aliphatic hydroxyl groups excluding tert-OH is 1. The number of carbonyl (C=O) groups is 5. The van der Waals surface area contributed by atoms with Gasteiger partial charge in [-0.15, -0.1) is 0 Å². The molecule has 0 spiro atoms. The fourth-order valence-corrected chi connectivity index (χ4v) is 2.32. The third-order valence-corrected chi connectivity index (χ3v) is 3.86. The fraction of sp³-hybridized carbons (Fsp3) is 0.500. The van der Waals surface area contributed by atoms with Crippen molar-refractivity contribution in [2.24, 2.45) is 11.5 Å². The van der Waals surface area contributed by atoms with Crippen LogP contribution in [0.3, 0.4) is 0 Å². The predicted molar refractivity (Wildman–Crippen MR) is 100 cm³/mol. The molecule has 30 heavy (non-hydrogen) atoms. The van der Waals surface area contributed by atoms with Crippen LogP contribution >= 0.6 is 0 Å². The first kappa shape index (κ1) is 24.5. The minimum Gasteiger partial charge on any atom is -0.480 e. The average molecular weight is 427 g/mol. The van der Waals surface area contributed by atoms with Gasteiger partial charge in [0.1, 0.15) is 12.1 Å². The summed E-state index contributed by atoms with van der Waals surface area (Å²) in [6.07, 6.45) is 0.991. The molecule has 1 heterocycles. The van der Waals surface area contributed by atoms with Crippen LogP contribution in [0.15, 0.2) is 12.5 Å². The molecular formula is C16H25N7O7. The van der Waals surface area contributed by atoms with Gasteiger partial charge >= 0.3 is 5.97 Å². The molecule has 4 unspecified atom stereocenters. The number of rotatable bonds is 12. The Morgan fingerprint density at radius 2 is 1.87 bits per heavy atom. The first-order valence-electron chi connectivity index (χ1n) is 8.80. The number of amides is 4. The molecule has 4 amide bonds. The zero-order valence-electron chi connectivity index (χ0n) is 16.1. The van der Waals surface area contributed by atoms with Crippen molar-refractivity contribution >= 4 is 29.6 Å². The second kappa shape index (κ2) is 11.5. The molecule has 14 heteroatoms. The zero-order chi connectivity index (χ0) is 22.8. The number of primary amides is 1. The van der Waals surface area contributed by atoms with E-state index in [-0.39, 0.29) is 6.42 Å². The number of H-pyrrole nitrogens is 1. The van der Waals surface area contributed by atoms with E-state index in [1.165, 1.54) is 19.4 Å². The minimum atomic E-state index is -1.63. The van der Waals surface area contributed by atoms with Crippen LogP contribution in [-0.2, 0) is 30.4 Å². The third-order valence-electron chi connectivity index (χ3n) is 3.86. The molecule has 0 bridgehead atoms. The molecule has 0 aromatic carbocycles. The van der Waals surface area contributed by atoms with Gasteiger partial charge in [-0.25, -0.2) is 9.78 Å². The number of nitrogens with zero attached hydrogens (tertiary/aromatic N) is 1. The number of aliphatic hydroxyl groups is 1. The van der Waals surface area contributed by atoms with Crippen molar-refractivity contribution in [3.05, 3.63) is 18.2 Å². The topological polar surface area (TPSA) is 243 Å². The van der Waals surface area contributed by atoms with Crippen molar-refractivity contribution in [3.8, 4) is 0 Å². The Hall–Kier alpha value is -3.52. The lowest BCUT2D eigenvalue weighted by Crippen LogP contribution is -2.57. The number of carboxylic acids is 1. The summed E-state index contributed by atoms with van der Waals surface area (Å²) in [7, 11) is 0. The lowest BCUT2D eigenvalue weighted by Gasteiger charge is -2.23. The Morgan fingerprint density at radius 1 is 1.20 bits per heavy atom. The van der Waals surface area contributed by atoms with Gasteiger partial charge in [-0.05, 0) is 6.92 Å². The molecule has 166 valence electrons. The van der Waals surface area contributed by atoms with Crippen molar-refractivity contribution in [2.45, 2.75) is 44.0 Å². The number of nitrogens with one attached hydrogen (secondary N) is 4. The maximum absolute atomic E-state index is 12.2. The van der Waals surface area contributed by atoms with E-state index < -0.39 is 66.8 Å². The van der Waals surface area contributed by atoms with E-state index in [0.717, 1.165) is 0 Å². The van der Waals surface area contributed by atoms with Crippen LogP contribution in [0.5, 0.6) is 0 Å². The number of imidazole rings is 1. The molecule has 14 nitrogen and oxygen atoms in total. The van der Waals surface area contributed by atoms with Gasteiger partial charge in [0.2, 0.25) is 23.6 Å². The monoisotopic (exact) mass is 427 g/mol. The first-order chi connectivity index (χ1) is 14.0. The third kappa shape index (κ3) is 8.24. The smallest absolute Gasteiger partial charge is 0.326 e. The van der Waals surface area contributed by atoms with Crippen LogP contribution in [0.1, 0.15) is 19.0 Å². The van der Waals surface area contributed by atoms with Crippen LogP contribution in [0.4, 0.5) is 0 Å². The number of aliphatic carboxylic acids is 1. The Kier molecular flexibility index (Phi) is 9.38. The van der Waals surface area contributed by atoms with Crippen molar-refractivity contribution in [1.29, 1.82) is 0 Å². The summed E-state index contributed by atoms with van der Waals surface area (Å²) >= 11 is 0. The number of nitrogens with two attached hydrogens (primary N) is 2. The summed E-state index contributed by atoms with van der Waals surface area (Å²) in [5, 5.41) is 25.2. The van der Waals surface area contributed by atoms with Gasteiger partial charge in [0, 0.05) is 18.3 Å². The Morgan fingerprint density at radius 3 is 2.37 bits per heavy atom. The molecule has 0 saturated carbocycles. The molecule has 0 radical (unpaired) electrons. The Balaban J connectivity index is 2.59. The quantitative estimate of drug-likeness (QED) is 0.161. The first-order valence-corrected chi connectivity index (χ1v) is 8.80. The number of hydrogen-bond acceptors (Lipinski definition) is 8. The predicted octanol–water partition coefficient (Wildman–Crippen LogP) is -4.29. The van der Waals surface area contributed by atoms with Crippen LogP contribution in [-0.4, -0.2) is 80.6 Å². The molecule has 1 aromatic heterocycles. The molecule has 0 fully saturated rings. The van der Waals surface area contributed by atoms with Crippen molar-refractivity contribution in [3.63, 3.8) is 0 Å². The van der Waals surface area contributed by atoms with Crippen molar-refractivity contribution in [1.82, 2.24) is 25.9 Å². The summed E-state index contributed by atoms with van der Waals surface area (Å²) in [5.74, 6) is -5.00. The Bertz CT molecular complexity index is 766. The highest BCUT2D eigenvalue weighted by Gasteiger charge is 2.30. The van der Waals surface area contributed by atoms with E-state index in [9.17, 15) is 29.1 Å². The van der Waals surface area contributed by atoms with E-state index in [2.05, 4.69) is 20.6 Å². The molecule has 0 aliphatic rings. The summed E-state index contributed by atoms with van der Waals surface area (Å²) in [4.78, 5) is 64.8. The minimum absolute atomic E-state index is 0.155. The summed E-state index contributed by atoms with van der Waals surface area (Å²) in [6.45, 7) is 0.642. The van der Waals surface area contributed by atoms with Gasteiger partial charge in [0.05, 0.1) is 31.4 Å². The number of aromatic nitrogens is 2. The van der Waals surface area contributed by atoms with Crippen molar-refractivity contribution in [2.75, 3.05) is 6.54 Å². The molecule has 10 N–H and O–H groups in total. The molecule has 4 atom stereocenters. The highest BCUT2D eigenvalue weighted by Crippen LogP contribution is 1.99. The number of hydrogen-bond donors (Lipinski definition) is 8. The molecule has 0 saturated heterocycles. The lowest BCUT2D eigenvalue weighted by atomic mass is 10.1. The Labute approximate surface area is 170 Å². The SMILES string of the molecule is CC(O)C(NC(=O)CNC(=O)C(N)Cc1cnc[nH]1)C(=O)NC(CC(N)=O)C(=O)O. The highest BCUT2D eigenvalue weighted by molar-refractivity contribution is 5.94. The molecule has 0 aliphatic heterocycles. The standard InChI is InChI=1S/C16H25N7O7/c1-7(24)13(15(28)22-10(16(29)30)3-11(18)25)23-12(26)5-20-14(27)9(17)2-8-4-19-6-21-8/h4,6-7,9-10,13,24H,2-3,5,17H2,1H3,(H2,18,25)(H,19,21)(H,20,27)(H,22,28)(H,23,26)(H,29,30). The fourth-order valence-electron chi connectivity index (χ4n) is 2.32. The van der Waals surface area contributed by atoms with E-state index in [4.69, 9.17) is 16.6 Å². The van der Waals surface area contributed by atoms with Crippen LogP contribution in [0.25, 0.3) is 0 Å². The van der Waals surface area contributed by atoms with Gasteiger partial charge in [-0.3, -0.25) is 19.2 Å². The largest absolute Gasteiger partial charge is 0.480 e. The molecule has 1 aromatic rings. The number of carbonyl (C=O) groups excluding carboxylic acids is 4. The normalized spacial score (nSPS) is 14.6. The van der Waals surface area contributed by atoms with Gasteiger partial charge in [-0.1, -0.05) is 0 Å². The summed E-state index contributed by atoms with van der Waals surface area (Å²) in [6, 6.07) is -4.13. The van der Waals surface area contributed by atoms with Crippen molar-refractivity contribution < 1.29 is 34.2 Å². The summed E-state index contributed by atoms with van der Waals surface area (Å²) in [5.41, 5.74) is 11.3. The maximum Gasteiger partial charge on any atom is 0.326 e. The number of carboxylic acid groups (broad SMARTS) is 1. The van der Waals surface area contributed by atoms with E-state index in [1.54, 1.807) is 0 Å². The second-order valence-corrected chi connectivity index (χ2v) is 6.46. The zero-order valence-corrected chi connectivity index (χ0v) is 16.1. The maximum atomic E-state index is 12.2. The van der Waals surface area contributed by atoms with E-state index in [0.29, 0.717) is 5.69 Å². The second-order valence-electron chi connectivity index (χ2n) is 6.46. The van der Waals surface area contributed by atoms with Gasteiger partial charge < -0.3 is 42.6 Å². The molecular weight excluding hydrogens is 402 g/mol. The van der Waals surface area contributed by atoms with Gasteiger partial charge in [-0.2, -0.15) is 0 Å². The van der Waals surface area contributed by atoms with E-state index in [1.807, 2.05) is 5.32 Å². The summed E-state index contributed by atoms with van der Waals surface area (Å²) < 4.78 is 0. The molecule has 0 aliphatic carbocycles. The van der Waals surface area contributed by atoms with Gasteiger partial charge in [0.15, 0.2) is 0 Å². The van der Waals surface area contributed by atoms with Gasteiger partial charge in [0.25, 0.3) is 0 Å². The van der Waals surface area contributed by atoms with Crippen LogP contribution in [0, 0.1) is 0 Å². The highest BCUT2D eigenvalue weighted by atomic mass is 16.4. The lowest BCUT2D eigenvalue weighted by molar-refractivity contribution is -0.144.